The first-order chi connectivity index (χ1) is 15.8. The third-order valence-corrected chi connectivity index (χ3v) is 5.91. The molecule has 8 heteroatoms. The summed E-state index contributed by atoms with van der Waals surface area (Å²) in [5, 5.41) is 6.70. The van der Waals surface area contributed by atoms with Crippen LogP contribution in [0, 0.1) is 0 Å². The lowest BCUT2D eigenvalue weighted by molar-refractivity contribution is 0.00566. The highest BCUT2D eigenvalue weighted by molar-refractivity contribution is 14.0. The first-order valence-corrected chi connectivity index (χ1v) is 12.4. The Hall–Kier alpha value is -0.940. The molecule has 2 aliphatic rings. The number of likely N-dealkylation sites (tertiary alicyclic amines) is 1. The predicted molar refractivity (Wildman–Crippen MR) is 144 cm³/mol. The van der Waals surface area contributed by atoms with Crippen molar-refractivity contribution in [2.75, 3.05) is 59.2 Å². The monoisotopic (exact) mass is 574 g/mol. The van der Waals surface area contributed by atoms with E-state index in [1.807, 2.05) is 0 Å². The van der Waals surface area contributed by atoms with Crippen molar-refractivity contribution in [2.45, 2.75) is 57.8 Å². The number of nitrogens with zero attached hydrogens (tertiary/aromatic N) is 2. The van der Waals surface area contributed by atoms with Crippen LogP contribution in [0.1, 0.15) is 44.6 Å². The zero-order valence-corrected chi connectivity index (χ0v) is 22.5. The van der Waals surface area contributed by atoms with Crippen molar-refractivity contribution in [1.29, 1.82) is 0 Å². The molecule has 2 N–H and O–H groups in total. The van der Waals surface area contributed by atoms with Crippen molar-refractivity contribution in [3.05, 3.63) is 35.9 Å². The molecule has 0 saturated carbocycles. The smallest absolute Gasteiger partial charge is 0.191 e. The van der Waals surface area contributed by atoms with E-state index in [9.17, 15) is 0 Å². The molecule has 2 heterocycles. The number of ether oxygens (including phenoxy) is 3. The molecule has 0 bridgehead atoms. The highest BCUT2D eigenvalue weighted by atomic mass is 127. The van der Waals surface area contributed by atoms with Gasteiger partial charge in [0.2, 0.25) is 0 Å². The third kappa shape index (κ3) is 11.8. The number of hydrogen-bond acceptors (Lipinski definition) is 5. The van der Waals surface area contributed by atoms with Crippen molar-refractivity contribution in [3.63, 3.8) is 0 Å². The van der Waals surface area contributed by atoms with E-state index in [-0.39, 0.29) is 30.1 Å². The van der Waals surface area contributed by atoms with Crippen molar-refractivity contribution in [1.82, 2.24) is 15.5 Å². The fourth-order valence-corrected chi connectivity index (χ4v) is 4.10. The van der Waals surface area contributed by atoms with Crippen LogP contribution in [-0.2, 0) is 20.8 Å². The first-order valence-electron chi connectivity index (χ1n) is 12.4. The average molecular weight is 575 g/mol. The van der Waals surface area contributed by atoms with E-state index in [0.29, 0.717) is 6.10 Å². The lowest BCUT2D eigenvalue weighted by Crippen LogP contribution is -2.38. The second kappa shape index (κ2) is 17.5. The minimum atomic E-state index is 0. The predicted octanol–water partition coefficient (Wildman–Crippen LogP) is 3.43. The van der Waals surface area contributed by atoms with Crippen LogP contribution in [0.3, 0.4) is 0 Å². The van der Waals surface area contributed by atoms with E-state index in [2.05, 4.69) is 57.8 Å². The van der Waals surface area contributed by atoms with Gasteiger partial charge in [-0.05, 0) is 44.6 Å². The Labute approximate surface area is 217 Å². The second-order valence-electron chi connectivity index (χ2n) is 8.58. The fourth-order valence-electron chi connectivity index (χ4n) is 4.10. The van der Waals surface area contributed by atoms with E-state index in [1.54, 1.807) is 0 Å². The maximum absolute atomic E-state index is 6.12. The van der Waals surface area contributed by atoms with Gasteiger partial charge < -0.3 is 24.8 Å². The Kier molecular flexibility index (Phi) is 15.0. The topological polar surface area (TPSA) is 67.4 Å². The maximum atomic E-state index is 6.12. The molecule has 0 aromatic heterocycles. The van der Waals surface area contributed by atoms with Gasteiger partial charge >= 0.3 is 0 Å². The Morgan fingerprint density at radius 1 is 1.03 bits per heavy atom. The van der Waals surface area contributed by atoms with Crippen LogP contribution in [0.4, 0.5) is 0 Å². The Morgan fingerprint density at radius 2 is 1.79 bits per heavy atom. The summed E-state index contributed by atoms with van der Waals surface area (Å²) in [6, 6.07) is 10.7. The molecule has 1 aromatic carbocycles. The van der Waals surface area contributed by atoms with Gasteiger partial charge in [0.1, 0.15) is 0 Å². The van der Waals surface area contributed by atoms with Gasteiger partial charge in [-0.2, -0.15) is 0 Å². The summed E-state index contributed by atoms with van der Waals surface area (Å²) in [7, 11) is 0. The molecule has 3 rings (SSSR count). The largest absolute Gasteiger partial charge is 0.379 e. The van der Waals surface area contributed by atoms with E-state index >= 15 is 0 Å². The SMILES string of the molecule is CCNC(=NCCCOC1CCN(Cc2ccccc2)CC1)NCCCOC1CCOC1.I. The van der Waals surface area contributed by atoms with E-state index < -0.39 is 0 Å². The lowest BCUT2D eigenvalue weighted by atomic mass is 10.1. The zero-order chi connectivity index (χ0) is 22.3. The molecule has 188 valence electrons. The first kappa shape index (κ1) is 28.3. The normalized spacial score (nSPS) is 19.9. The van der Waals surface area contributed by atoms with Crippen LogP contribution in [0.5, 0.6) is 0 Å². The number of halogens is 1. The van der Waals surface area contributed by atoms with Crippen LogP contribution in [-0.4, -0.2) is 82.2 Å². The molecule has 0 amide bonds. The van der Waals surface area contributed by atoms with Crippen LogP contribution in [0.15, 0.2) is 35.3 Å². The lowest BCUT2D eigenvalue weighted by Gasteiger charge is -2.31. The standard InChI is InChI=1S/C25H42N4O3.HI/c1-2-26-25(28-14-7-18-32-24-12-19-30-21-24)27-13-6-17-31-23-10-15-29(16-11-23)20-22-8-4-3-5-9-22;/h3-5,8-9,23-24H,2,6-7,10-21H2,1H3,(H2,26,27,28);1H. The van der Waals surface area contributed by atoms with Crippen LogP contribution in [0.2, 0.25) is 0 Å². The summed E-state index contributed by atoms with van der Waals surface area (Å²) < 4.78 is 17.3. The van der Waals surface area contributed by atoms with Crippen LogP contribution < -0.4 is 10.6 Å². The molecular weight excluding hydrogens is 531 g/mol. The van der Waals surface area contributed by atoms with E-state index in [4.69, 9.17) is 14.2 Å². The van der Waals surface area contributed by atoms with Crippen molar-refractivity contribution in [3.8, 4) is 0 Å². The minimum absolute atomic E-state index is 0. The summed E-state index contributed by atoms with van der Waals surface area (Å²) in [6.07, 6.45) is 5.85. The van der Waals surface area contributed by atoms with Gasteiger partial charge in [-0.1, -0.05) is 30.3 Å². The number of hydrogen-bond donors (Lipinski definition) is 2. The summed E-state index contributed by atoms with van der Waals surface area (Å²) in [5.41, 5.74) is 1.39. The molecule has 0 aliphatic carbocycles. The van der Waals surface area contributed by atoms with Crippen LogP contribution in [0.25, 0.3) is 0 Å². The van der Waals surface area contributed by atoms with Gasteiger partial charge in [-0.25, -0.2) is 0 Å². The molecule has 7 nitrogen and oxygen atoms in total. The number of benzene rings is 1. The Bertz CT molecular complexity index is 636. The number of nitrogens with one attached hydrogen (secondary N) is 2. The van der Waals surface area contributed by atoms with Crippen LogP contribution >= 0.6 is 24.0 Å². The summed E-state index contributed by atoms with van der Waals surface area (Å²) in [5.74, 6) is 0.880. The van der Waals surface area contributed by atoms with Gasteiger partial charge in [0.15, 0.2) is 5.96 Å². The molecule has 1 aromatic rings. The van der Waals surface area contributed by atoms with Crippen molar-refractivity contribution >= 4 is 29.9 Å². The molecule has 33 heavy (non-hydrogen) atoms. The highest BCUT2D eigenvalue weighted by Crippen LogP contribution is 2.16. The molecule has 0 radical (unpaired) electrons. The number of guanidine groups is 1. The molecule has 0 spiro atoms. The Morgan fingerprint density at radius 3 is 2.52 bits per heavy atom. The number of rotatable bonds is 13. The van der Waals surface area contributed by atoms with Gasteiger partial charge in [-0.3, -0.25) is 9.89 Å². The molecule has 2 aliphatic heterocycles. The highest BCUT2D eigenvalue weighted by Gasteiger charge is 2.19. The minimum Gasteiger partial charge on any atom is -0.379 e. The van der Waals surface area contributed by atoms with Gasteiger partial charge in [0.05, 0.1) is 18.8 Å². The van der Waals surface area contributed by atoms with Gasteiger partial charge in [0, 0.05) is 59.1 Å². The fraction of sp³-hybridized carbons (Fsp3) is 0.720. The maximum Gasteiger partial charge on any atom is 0.191 e. The van der Waals surface area contributed by atoms with E-state index in [1.165, 1.54) is 5.56 Å². The van der Waals surface area contributed by atoms with Crippen molar-refractivity contribution in [2.24, 2.45) is 4.99 Å². The molecule has 2 fully saturated rings. The second-order valence-corrected chi connectivity index (χ2v) is 8.58. The molecular formula is C25H43IN4O3. The average Bonchev–Trinajstić information content (AvgIpc) is 3.34. The zero-order valence-electron chi connectivity index (χ0n) is 20.2. The Balaban J connectivity index is 0.00000385. The third-order valence-electron chi connectivity index (χ3n) is 5.91. The molecule has 2 saturated heterocycles. The number of piperidine rings is 1. The summed E-state index contributed by atoms with van der Waals surface area (Å²) >= 11 is 0. The number of aliphatic imine (C=N–C) groups is 1. The van der Waals surface area contributed by atoms with E-state index in [0.717, 1.165) is 104 Å². The van der Waals surface area contributed by atoms with Gasteiger partial charge in [-0.15, -0.1) is 24.0 Å². The molecule has 1 atom stereocenters. The molecule has 1 unspecified atom stereocenters. The van der Waals surface area contributed by atoms with Crippen molar-refractivity contribution < 1.29 is 14.2 Å². The quantitative estimate of drug-likeness (QED) is 0.163. The summed E-state index contributed by atoms with van der Waals surface area (Å²) in [4.78, 5) is 7.20. The summed E-state index contributed by atoms with van der Waals surface area (Å²) in [6.45, 7) is 11.0. The van der Waals surface area contributed by atoms with Gasteiger partial charge in [0.25, 0.3) is 0 Å².